The molecule has 1 aromatic rings. The van der Waals surface area contributed by atoms with Crippen LogP contribution in [-0.2, 0) is 9.47 Å². The van der Waals surface area contributed by atoms with Gasteiger partial charge in [0.15, 0.2) is 0 Å². The molecule has 1 aliphatic heterocycles. The zero-order chi connectivity index (χ0) is 17.0. The summed E-state index contributed by atoms with van der Waals surface area (Å²) in [7, 11) is 0. The van der Waals surface area contributed by atoms with Gasteiger partial charge in [0.25, 0.3) is 0 Å². The monoisotopic (exact) mass is 320 g/mol. The summed E-state index contributed by atoms with van der Waals surface area (Å²) in [6.45, 7) is 6.27. The average molecular weight is 320 g/mol. The van der Waals surface area contributed by atoms with E-state index in [1.54, 1.807) is 29.2 Å². The van der Waals surface area contributed by atoms with Crippen LogP contribution in [0.2, 0.25) is 0 Å². The normalized spacial score (nSPS) is 17.9. The Morgan fingerprint density at radius 1 is 1.35 bits per heavy atom. The van der Waals surface area contributed by atoms with Crippen LogP contribution in [0, 0.1) is 0 Å². The summed E-state index contributed by atoms with van der Waals surface area (Å²) in [5, 5.41) is 0. The Morgan fingerprint density at radius 2 is 2.09 bits per heavy atom. The van der Waals surface area contributed by atoms with Gasteiger partial charge in [0.1, 0.15) is 12.2 Å². The highest BCUT2D eigenvalue weighted by Gasteiger charge is 2.33. The van der Waals surface area contributed by atoms with Crippen LogP contribution in [0.5, 0.6) is 0 Å². The van der Waals surface area contributed by atoms with E-state index in [0.717, 1.165) is 12.8 Å². The van der Waals surface area contributed by atoms with Gasteiger partial charge in [-0.3, -0.25) is 0 Å². The fourth-order valence-electron chi connectivity index (χ4n) is 2.49. The van der Waals surface area contributed by atoms with Crippen molar-refractivity contribution in [3.63, 3.8) is 0 Å². The maximum atomic E-state index is 12.2. The SMILES string of the molecule is CC(C)(C)OC(=O)N1CCCC1COC(=O)c1cccc(N)c1. The third kappa shape index (κ3) is 4.87. The number of rotatable bonds is 3. The quantitative estimate of drug-likeness (QED) is 0.684. The highest BCUT2D eigenvalue weighted by atomic mass is 16.6. The van der Waals surface area contributed by atoms with E-state index < -0.39 is 11.6 Å². The average Bonchev–Trinajstić information content (AvgIpc) is 2.91. The number of carbonyl (C=O) groups is 2. The van der Waals surface area contributed by atoms with Crippen molar-refractivity contribution < 1.29 is 19.1 Å². The standard InChI is InChI=1S/C17H24N2O4/c1-17(2,3)23-16(21)19-9-5-8-14(19)11-22-15(20)12-6-4-7-13(18)10-12/h4,6-7,10,14H,5,8-9,11,18H2,1-3H3. The van der Waals surface area contributed by atoms with E-state index in [-0.39, 0.29) is 18.7 Å². The molecule has 1 aliphatic rings. The zero-order valence-corrected chi connectivity index (χ0v) is 13.9. The first-order valence-corrected chi connectivity index (χ1v) is 7.78. The first-order valence-electron chi connectivity index (χ1n) is 7.78. The molecule has 23 heavy (non-hydrogen) atoms. The van der Waals surface area contributed by atoms with Gasteiger partial charge in [-0.1, -0.05) is 6.07 Å². The maximum Gasteiger partial charge on any atom is 0.410 e. The number of benzene rings is 1. The van der Waals surface area contributed by atoms with Crippen LogP contribution >= 0.6 is 0 Å². The van der Waals surface area contributed by atoms with Crippen LogP contribution in [0.25, 0.3) is 0 Å². The summed E-state index contributed by atoms with van der Waals surface area (Å²) in [6.07, 6.45) is 1.31. The molecule has 1 heterocycles. The van der Waals surface area contributed by atoms with E-state index in [2.05, 4.69) is 0 Å². The third-order valence-electron chi connectivity index (χ3n) is 3.53. The number of esters is 1. The van der Waals surface area contributed by atoms with Gasteiger partial charge in [-0.05, 0) is 51.8 Å². The number of hydrogen-bond acceptors (Lipinski definition) is 5. The van der Waals surface area contributed by atoms with Crippen molar-refractivity contribution in [2.45, 2.75) is 45.3 Å². The predicted octanol–water partition coefficient (Wildman–Crippen LogP) is 2.83. The van der Waals surface area contributed by atoms with Gasteiger partial charge in [-0.25, -0.2) is 9.59 Å². The molecule has 0 aromatic heterocycles. The van der Waals surface area contributed by atoms with Crippen molar-refractivity contribution in [1.29, 1.82) is 0 Å². The molecule has 0 bridgehead atoms. The Labute approximate surface area is 136 Å². The van der Waals surface area contributed by atoms with Gasteiger partial charge in [0, 0.05) is 12.2 Å². The smallest absolute Gasteiger partial charge is 0.410 e. The number of carbonyl (C=O) groups excluding carboxylic acids is 2. The first kappa shape index (κ1) is 17.1. The molecule has 6 nitrogen and oxygen atoms in total. The second-order valence-corrected chi connectivity index (χ2v) is 6.69. The summed E-state index contributed by atoms with van der Waals surface area (Å²) >= 11 is 0. The number of anilines is 1. The molecule has 1 saturated heterocycles. The fraction of sp³-hybridized carbons (Fsp3) is 0.529. The minimum atomic E-state index is -0.539. The first-order chi connectivity index (χ1) is 10.8. The molecule has 6 heteroatoms. The lowest BCUT2D eigenvalue weighted by molar-refractivity contribution is 0.0106. The van der Waals surface area contributed by atoms with E-state index in [4.69, 9.17) is 15.2 Å². The lowest BCUT2D eigenvalue weighted by atomic mass is 10.2. The van der Waals surface area contributed by atoms with Crippen LogP contribution < -0.4 is 5.73 Å². The van der Waals surface area contributed by atoms with E-state index >= 15 is 0 Å². The minimum absolute atomic E-state index is 0.144. The maximum absolute atomic E-state index is 12.2. The van der Waals surface area contributed by atoms with E-state index in [1.807, 2.05) is 20.8 Å². The number of nitrogens with two attached hydrogens (primary N) is 1. The van der Waals surface area contributed by atoms with Gasteiger partial charge in [-0.2, -0.15) is 0 Å². The molecule has 0 saturated carbocycles. The number of hydrogen-bond donors (Lipinski definition) is 1. The molecular weight excluding hydrogens is 296 g/mol. The van der Waals surface area contributed by atoms with E-state index in [9.17, 15) is 9.59 Å². The Morgan fingerprint density at radius 3 is 2.74 bits per heavy atom. The minimum Gasteiger partial charge on any atom is -0.460 e. The number of amides is 1. The van der Waals surface area contributed by atoms with Crippen LogP contribution in [-0.4, -0.2) is 41.8 Å². The van der Waals surface area contributed by atoms with Gasteiger partial charge in [-0.15, -0.1) is 0 Å². The second-order valence-electron chi connectivity index (χ2n) is 6.69. The lowest BCUT2D eigenvalue weighted by Gasteiger charge is -2.28. The van der Waals surface area contributed by atoms with Crippen molar-refractivity contribution in [2.75, 3.05) is 18.9 Å². The van der Waals surface area contributed by atoms with E-state index in [0.29, 0.717) is 17.8 Å². The van der Waals surface area contributed by atoms with Gasteiger partial charge >= 0.3 is 12.1 Å². The molecule has 2 N–H and O–H groups in total. The molecule has 2 rings (SSSR count). The highest BCUT2D eigenvalue weighted by Crippen LogP contribution is 2.21. The molecule has 1 unspecified atom stereocenters. The summed E-state index contributed by atoms with van der Waals surface area (Å²) < 4.78 is 10.7. The molecule has 0 aliphatic carbocycles. The highest BCUT2D eigenvalue weighted by molar-refractivity contribution is 5.90. The fourth-order valence-corrected chi connectivity index (χ4v) is 2.49. The van der Waals surface area contributed by atoms with Crippen molar-refractivity contribution in [3.8, 4) is 0 Å². The second kappa shape index (κ2) is 6.89. The number of nitrogen functional groups attached to an aromatic ring is 1. The van der Waals surface area contributed by atoms with E-state index in [1.165, 1.54) is 0 Å². The molecule has 1 atom stereocenters. The van der Waals surface area contributed by atoms with Crippen LogP contribution in [0.1, 0.15) is 44.0 Å². The Bertz CT molecular complexity index is 580. The Hall–Kier alpha value is -2.24. The Balaban J connectivity index is 1.91. The summed E-state index contributed by atoms with van der Waals surface area (Å²) in [5.41, 5.74) is 6.04. The van der Waals surface area contributed by atoms with Crippen molar-refractivity contribution in [2.24, 2.45) is 0 Å². The summed E-state index contributed by atoms with van der Waals surface area (Å²) in [4.78, 5) is 25.9. The lowest BCUT2D eigenvalue weighted by Crippen LogP contribution is -2.42. The Kier molecular flexibility index (Phi) is 5.13. The predicted molar refractivity (Wildman–Crippen MR) is 87.1 cm³/mol. The number of nitrogens with zero attached hydrogens (tertiary/aromatic N) is 1. The van der Waals surface area contributed by atoms with Gasteiger partial charge in [0.2, 0.25) is 0 Å². The van der Waals surface area contributed by atoms with Crippen LogP contribution in [0.4, 0.5) is 10.5 Å². The third-order valence-corrected chi connectivity index (χ3v) is 3.53. The van der Waals surface area contributed by atoms with Crippen molar-refractivity contribution in [1.82, 2.24) is 4.90 Å². The summed E-state index contributed by atoms with van der Waals surface area (Å²) in [6, 6.07) is 6.49. The number of likely N-dealkylation sites (tertiary alicyclic amines) is 1. The van der Waals surface area contributed by atoms with Crippen LogP contribution in [0.15, 0.2) is 24.3 Å². The molecule has 1 amide bonds. The van der Waals surface area contributed by atoms with Gasteiger partial charge in [0.05, 0.1) is 11.6 Å². The summed E-state index contributed by atoms with van der Waals surface area (Å²) in [5.74, 6) is -0.437. The molecule has 0 radical (unpaired) electrons. The molecule has 1 aromatic carbocycles. The van der Waals surface area contributed by atoms with Crippen LogP contribution in [0.3, 0.4) is 0 Å². The topological polar surface area (TPSA) is 81.9 Å². The van der Waals surface area contributed by atoms with Crippen molar-refractivity contribution >= 4 is 17.7 Å². The molecule has 126 valence electrons. The zero-order valence-electron chi connectivity index (χ0n) is 13.9. The van der Waals surface area contributed by atoms with Gasteiger partial charge < -0.3 is 20.1 Å². The number of ether oxygens (including phenoxy) is 2. The molecular formula is C17H24N2O4. The van der Waals surface area contributed by atoms with Crippen molar-refractivity contribution in [3.05, 3.63) is 29.8 Å². The largest absolute Gasteiger partial charge is 0.460 e. The molecule has 1 fully saturated rings. The molecule has 0 spiro atoms.